The highest BCUT2D eigenvalue weighted by Crippen LogP contribution is 2.34. The molecule has 2 aromatic carbocycles. The Morgan fingerprint density at radius 2 is 1.74 bits per heavy atom. The predicted molar refractivity (Wildman–Crippen MR) is 87.1 cm³/mol. The van der Waals surface area contributed by atoms with Gasteiger partial charge in [-0.1, -0.05) is 42.5 Å². The van der Waals surface area contributed by atoms with E-state index in [2.05, 4.69) is 31.9 Å². The third-order valence-electron chi connectivity index (χ3n) is 2.90. The van der Waals surface area contributed by atoms with Gasteiger partial charge in [0.25, 0.3) is 0 Å². The van der Waals surface area contributed by atoms with Crippen LogP contribution in [0.2, 0.25) is 0 Å². The Kier molecular flexibility index (Phi) is 3.56. The highest BCUT2D eigenvalue weighted by atomic mass is 79.9. The molecule has 0 radical (unpaired) electrons. The van der Waals surface area contributed by atoms with Crippen molar-refractivity contribution in [3.8, 4) is 0 Å². The van der Waals surface area contributed by atoms with Crippen molar-refractivity contribution in [3.63, 3.8) is 0 Å². The summed E-state index contributed by atoms with van der Waals surface area (Å²) >= 11 is 8.29. The van der Waals surface area contributed by atoms with Crippen molar-refractivity contribution in [1.29, 1.82) is 0 Å². The monoisotopic (exact) mass is 394 g/mol. The Hall–Kier alpha value is -0.970. The van der Waals surface area contributed by atoms with E-state index in [0.717, 1.165) is 29.5 Å². The van der Waals surface area contributed by atoms with Gasteiger partial charge in [0.1, 0.15) is 0 Å². The van der Waals surface area contributed by atoms with E-state index in [1.54, 1.807) is 0 Å². The lowest BCUT2D eigenvalue weighted by Gasteiger charge is -2.03. The molecule has 0 saturated carbocycles. The first kappa shape index (κ1) is 13.0. The second kappa shape index (κ2) is 5.19. The molecule has 0 bridgehead atoms. The molecule has 0 aliphatic carbocycles. The molecule has 0 saturated heterocycles. The maximum absolute atomic E-state index is 12.6. The van der Waals surface area contributed by atoms with Gasteiger partial charge in [-0.3, -0.25) is 4.79 Å². The number of rotatable bonds is 2. The molecule has 94 valence electrons. The highest BCUT2D eigenvalue weighted by molar-refractivity contribution is 9.13. The highest BCUT2D eigenvalue weighted by Gasteiger charge is 2.16. The quantitative estimate of drug-likeness (QED) is 0.512. The summed E-state index contributed by atoms with van der Waals surface area (Å²) in [5.74, 6) is 0.0631. The van der Waals surface area contributed by atoms with E-state index in [9.17, 15) is 4.79 Å². The molecule has 0 atom stereocenters. The Morgan fingerprint density at radius 3 is 2.47 bits per heavy atom. The molecule has 0 N–H and O–H groups in total. The maximum Gasteiger partial charge on any atom is 0.203 e. The zero-order valence-electron chi connectivity index (χ0n) is 9.69. The second-order valence-corrected chi connectivity index (χ2v) is 7.31. The van der Waals surface area contributed by atoms with Crippen LogP contribution in [-0.4, -0.2) is 5.78 Å². The van der Waals surface area contributed by atoms with E-state index < -0.39 is 0 Å². The molecule has 0 spiro atoms. The molecule has 4 heteroatoms. The molecule has 0 aliphatic heterocycles. The van der Waals surface area contributed by atoms with Crippen molar-refractivity contribution >= 4 is 59.8 Å². The first-order valence-electron chi connectivity index (χ1n) is 5.64. The van der Waals surface area contributed by atoms with E-state index >= 15 is 0 Å². The van der Waals surface area contributed by atoms with Crippen LogP contribution in [0.4, 0.5) is 0 Å². The van der Waals surface area contributed by atoms with Crippen LogP contribution < -0.4 is 0 Å². The van der Waals surface area contributed by atoms with Crippen LogP contribution in [0.3, 0.4) is 0 Å². The minimum Gasteiger partial charge on any atom is -0.288 e. The molecule has 3 rings (SSSR count). The summed E-state index contributed by atoms with van der Waals surface area (Å²) in [6.45, 7) is 0. The molecule has 0 fully saturated rings. The van der Waals surface area contributed by atoms with E-state index in [1.165, 1.54) is 11.3 Å². The van der Waals surface area contributed by atoms with Crippen molar-refractivity contribution in [3.05, 3.63) is 67.2 Å². The summed E-state index contributed by atoms with van der Waals surface area (Å²) in [6.07, 6.45) is 0. The number of benzene rings is 2. The lowest BCUT2D eigenvalue weighted by atomic mass is 10.0. The van der Waals surface area contributed by atoms with Crippen molar-refractivity contribution in [2.75, 3.05) is 0 Å². The lowest BCUT2D eigenvalue weighted by molar-refractivity contribution is 0.104. The largest absolute Gasteiger partial charge is 0.288 e. The fraction of sp³-hybridized carbons (Fsp3) is 0. The summed E-state index contributed by atoms with van der Waals surface area (Å²) in [5.41, 5.74) is 0.749. The van der Waals surface area contributed by atoms with Crippen LogP contribution in [0.15, 0.2) is 56.8 Å². The summed E-state index contributed by atoms with van der Waals surface area (Å²) in [4.78, 5) is 13.3. The summed E-state index contributed by atoms with van der Waals surface area (Å²) in [5, 5.41) is 2.08. The van der Waals surface area contributed by atoms with Crippen LogP contribution in [0.5, 0.6) is 0 Å². The van der Waals surface area contributed by atoms with E-state index in [1.807, 2.05) is 48.5 Å². The smallest absolute Gasteiger partial charge is 0.203 e. The van der Waals surface area contributed by atoms with Crippen molar-refractivity contribution < 1.29 is 4.79 Å². The number of fused-ring (bicyclic) bond motifs is 1. The zero-order chi connectivity index (χ0) is 13.4. The van der Waals surface area contributed by atoms with Gasteiger partial charge in [0.05, 0.1) is 8.66 Å². The SMILES string of the molecule is O=C(c1cc(Br)c(Br)s1)c1cccc2ccccc12. The van der Waals surface area contributed by atoms with Crippen LogP contribution in [0, 0.1) is 0 Å². The van der Waals surface area contributed by atoms with Gasteiger partial charge in [-0.2, -0.15) is 0 Å². The number of hydrogen-bond acceptors (Lipinski definition) is 2. The number of hydrogen-bond donors (Lipinski definition) is 0. The average Bonchev–Trinajstić information content (AvgIpc) is 2.77. The Morgan fingerprint density at radius 1 is 1.00 bits per heavy atom. The van der Waals surface area contributed by atoms with Gasteiger partial charge in [0.2, 0.25) is 5.78 Å². The summed E-state index contributed by atoms with van der Waals surface area (Å²) < 4.78 is 1.86. The summed E-state index contributed by atoms with van der Waals surface area (Å²) in [6, 6.07) is 15.6. The van der Waals surface area contributed by atoms with Crippen LogP contribution in [-0.2, 0) is 0 Å². The van der Waals surface area contributed by atoms with Crippen LogP contribution >= 0.6 is 43.2 Å². The molecule has 0 amide bonds. The van der Waals surface area contributed by atoms with Gasteiger partial charge in [0, 0.05) is 10.0 Å². The Labute approximate surface area is 131 Å². The second-order valence-electron chi connectivity index (χ2n) is 4.09. The number of carbonyl (C=O) groups excluding carboxylic acids is 1. The first-order chi connectivity index (χ1) is 9.16. The number of carbonyl (C=O) groups is 1. The van der Waals surface area contributed by atoms with E-state index in [0.29, 0.717) is 0 Å². The standard InChI is InChI=1S/C15H8Br2OS/c16-12-8-13(19-15(12)17)14(18)11-7-3-5-9-4-1-2-6-10(9)11/h1-8H. The van der Waals surface area contributed by atoms with Gasteiger partial charge in [-0.05, 0) is 48.7 Å². The Bertz CT molecular complexity index is 752. The van der Waals surface area contributed by atoms with Crippen LogP contribution in [0.1, 0.15) is 15.2 Å². The van der Waals surface area contributed by atoms with Crippen molar-refractivity contribution in [1.82, 2.24) is 0 Å². The molecule has 19 heavy (non-hydrogen) atoms. The fourth-order valence-electron chi connectivity index (χ4n) is 2.01. The van der Waals surface area contributed by atoms with E-state index in [-0.39, 0.29) is 5.78 Å². The number of ketones is 1. The van der Waals surface area contributed by atoms with E-state index in [4.69, 9.17) is 0 Å². The first-order valence-corrected chi connectivity index (χ1v) is 8.04. The molecule has 1 aromatic heterocycles. The van der Waals surface area contributed by atoms with Crippen molar-refractivity contribution in [2.24, 2.45) is 0 Å². The minimum atomic E-state index is 0.0631. The zero-order valence-corrected chi connectivity index (χ0v) is 13.7. The van der Waals surface area contributed by atoms with Gasteiger partial charge in [-0.15, -0.1) is 11.3 Å². The average molecular weight is 396 g/mol. The van der Waals surface area contributed by atoms with Crippen molar-refractivity contribution in [2.45, 2.75) is 0 Å². The van der Waals surface area contributed by atoms with Gasteiger partial charge in [-0.25, -0.2) is 0 Å². The molecule has 1 heterocycles. The van der Waals surface area contributed by atoms with Gasteiger partial charge >= 0.3 is 0 Å². The third kappa shape index (κ3) is 2.40. The maximum atomic E-state index is 12.6. The minimum absolute atomic E-state index is 0.0631. The number of halogens is 2. The summed E-state index contributed by atoms with van der Waals surface area (Å²) in [7, 11) is 0. The Balaban J connectivity index is 2.16. The predicted octanol–water partition coefficient (Wildman–Crippen LogP) is 5.66. The molecule has 0 unspecified atom stereocenters. The molecular formula is C15H8Br2OS. The molecule has 1 nitrogen and oxygen atoms in total. The van der Waals surface area contributed by atoms with Gasteiger partial charge in [0.15, 0.2) is 0 Å². The normalized spacial score (nSPS) is 10.8. The van der Waals surface area contributed by atoms with Gasteiger partial charge < -0.3 is 0 Å². The third-order valence-corrected chi connectivity index (χ3v) is 6.16. The lowest BCUT2D eigenvalue weighted by Crippen LogP contribution is -1.99. The fourth-order valence-corrected chi connectivity index (χ4v) is 4.00. The van der Waals surface area contributed by atoms with Crippen LogP contribution in [0.25, 0.3) is 10.8 Å². The number of thiophene rings is 1. The molecule has 3 aromatic rings. The topological polar surface area (TPSA) is 17.1 Å². The molecular weight excluding hydrogens is 388 g/mol. The molecule has 0 aliphatic rings.